The standard InChI is InChI=1S/C12H24N2O4/c1-5-13(8-7-11(15)16)12(17)14(6-2)10(3)9-18-4/h10H,5-9H2,1-4H3,(H,15,16). The molecule has 0 saturated heterocycles. The molecule has 0 aliphatic heterocycles. The molecule has 1 atom stereocenters. The second kappa shape index (κ2) is 8.74. The number of likely N-dealkylation sites (N-methyl/N-ethyl adjacent to an activating group) is 1. The van der Waals surface area contributed by atoms with Crippen LogP contribution in [0.2, 0.25) is 0 Å². The smallest absolute Gasteiger partial charge is 0.320 e. The highest BCUT2D eigenvalue weighted by Gasteiger charge is 2.23. The first-order valence-electron chi connectivity index (χ1n) is 6.24. The number of ether oxygens (including phenoxy) is 1. The third kappa shape index (κ3) is 5.35. The number of methoxy groups -OCH3 is 1. The molecule has 0 rings (SSSR count). The lowest BCUT2D eigenvalue weighted by molar-refractivity contribution is -0.137. The number of aliphatic carboxylic acids is 1. The van der Waals surface area contributed by atoms with Gasteiger partial charge in [0.2, 0.25) is 0 Å². The average molecular weight is 260 g/mol. The van der Waals surface area contributed by atoms with Crippen LogP contribution in [0, 0.1) is 0 Å². The van der Waals surface area contributed by atoms with Crippen LogP contribution in [0.5, 0.6) is 0 Å². The molecule has 0 spiro atoms. The molecule has 0 aliphatic carbocycles. The summed E-state index contributed by atoms with van der Waals surface area (Å²) in [6, 6.07) is -0.155. The van der Waals surface area contributed by atoms with Crippen LogP contribution in [0.15, 0.2) is 0 Å². The van der Waals surface area contributed by atoms with Gasteiger partial charge in [0.05, 0.1) is 19.1 Å². The molecule has 6 heteroatoms. The Hall–Kier alpha value is -1.30. The second-order valence-corrected chi connectivity index (χ2v) is 4.10. The third-order valence-corrected chi connectivity index (χ3v) is 2.77. The van der Waals surface area contributed by atoms with Gasteiger partial charge in [-0.05, 0) is 20.8 Å². The van der Waals surface area contributed by atoms with Gasteiger partial charge in [0.25, 0.3) is 0 Å². The zero-order chi connectivity index (χ0) is 14.1. The number of carboxylic acids is 1. The molecule has 0 fully saturated rings. The first-order chi connectivity index (χ1) is 8.47. The summed E-state index contributed by atoms with van der Waals surface area (Å²) in [5.74, 6) is -0.894. The van der Waals surface area contributed by atoms with E-state index in [2.05, 4.69) is 0 Å². The lowest BCUT2D eigenvalue weighted by Gasteiger charge is -2.33. The van der Waals surface area contributed by atoms with Crippen LogP contribution in [-0.2, 0) is 9.53 Å². The maximum atomic E-state index is 12.2. The maximum Gasteiger partial charge on any atom is 0.320 e. The summed E-state index contributed by atoms with van der Waals surface area (Å²) in [5, 5.41) is 8.66. The van der Waals surface area contributed by atoms with Crippen LogP contribution in [0.4, 0.5) is 4.79 Å². The van der Waals surface area contributed by atoms with Crippen LogP contribution in [0.1, 0.15) is 27.2 Å². The minimum Gasteiger partial charge on any atom is -0.481 e. The number of rotatable bonds is 8. The second-order valence-electron chi connectivity index (χ2n) is 4.10. The number of hydrogen-bond acceptors (Lipinski definition) is 3. The first-order valence-corrected chi connectivity index (χ1v) is 6.24. The van der Waals surface area contributed by atoms with Gasteiger partial charge >= 0.3 is 12.0 Å². The van der Waals surface area contributed by atoms with E-state index >= 15 is 0 Å². The van der Waals surface area contributed by atoms with Gasteiger partial charge in [-0.15, -0.1) is 0 Å². The number of urea groups is 1. The van der Waals surface area contributed by atoms with Gasteiger partial charge in [-0.25, -0.2) is 4.79 Å². The average Bonchev–Trinajstić information content (AvgIpc) is 2.30. The number of hydrogen-bond donors (Lipinski definition) is 1. The summed E-state index contributed by atoms with van der Waals surface area (Å²) in [7, 11) is 1.59. The van der Waals surface area contributed by atoms with Gasteiger partial charge in [-0.3, -0.25) is 4.79 Å². The molecule has 0 aromatic rings. The van der Waals surface area contributed by atoms with E-state index in [-0.39, 0.29) is 25.0 Å². The van der Waals surface area contributed by atoms with Crippen LogP contribution in [0.25, 0.3) is 0 Å². The van der Waals surface area contributed by atoms with Crippen molar-refractivity contribution >= 4 is 12.0 Å². The Bertz CT molecular complexity index is 271. The Morgan fingerprint density at radius 1 is 1.28 bits per heavy atom. The molecule has 0 radical (unpaired) electrons. The summed E-state index contributed by atoms with van der Waals surface area (Å²) < 4.78 is 5.04. The van der Waals surface area contributed by atoms with Gasteiger partial charge < -0.3 is 19.6 Å². The van der Waals surface area contributed by atoms with Crippen LogP contribution in [0.3, 0.4) is 0 Å². The minimum atomic E-state index is -0.894. The quantitative estimate of drug-likeness (QED) is 0.713. The zero-order valence-electron chi connectivity index (χ0n) is 11.7. The Morgan fingerprint density at radius 3 is 2.28 bits per heavy atom. The molecule has 0 saturated carbocycles. The highest BCUT2D eigenvalue weighted by atomic mass is 16.5. The molecule has 2 amide bonds. The first kappa shape index (κ1) is 16.7. The molecule has 0 aromatic heterocycles. The van der Waals surface area contributed by atoms with E-state index in [1.54, 1.807) is 16.9 Å². The zero-order valence-corrected chi connectivity index (χ0v) is 11.7. The van der Waals surface area contributed by atoms with E-state index in [1.165, 1.54) is 0 Å². The van der Waals surface area contributed by atoms with E-state index in [0.717, 1.165) is 0 Å². The summed E-state index contributed by atoms with van der Waals surface area (Å²) >= 11 is 0. The van der Waals surface area contributed by atoms with Gasteiger partial charge in [-0.2, -0.15) is 0 Å². The topological polar surface area (TPSA) is 70.1 Å². The molecule has 0 bridgehead atoms. The van der Waals surface area contributed by atoms with E-state index < -0.39 is 5.97 Å². The Morgan fingerprint density at radius 2 is 1.89 bits per heavy atom. The number of carboxylic acid groups (broad SMARTS) is 1. The van der Waals surface area contributed by atoms with E-state index in [1.807, 2.05) is 20.8 Å². The lowest BCUT2D eigenvalue weighted by atomic mass is 10.3. The Labute approximate surface area is 109 Å². The normalized spacial score (nSPS) is 12.0. The molecule has 6 nitrogen and oxygen atoms in total. The molecule has 1 unspecified atom stereocenters. The number of nitrogens with zero attached hydrogens (tertiary/aromatic N) is 2. The summed E-state index contributed by atoms with van der Waals surface area (Å²) in [5.41, 5.74) is 0. The van der Waals surface area contributed by atoms with Crippen molar-refractivity contribution in [3.8, 4) is 0 Å². The van der Waals surface area contributed by atoms with Gasteiger partial charge in [0.1, 0.15) is 0 Å². The van der Waals surface area contributed by atoms with Crippen molar-refractivity contribution < 1.29 is 19.4 Å². The SMILES string of the molecule is CCN(CCC(=O)O)C(=O)N(CC)C(C)COC. The highest BCUT2D eigenvalue weighted by Crippen LogP contribution is 2.06. The summed E-state index contributed by atoms with van der Waals surface area (Å²) in [4.78, 5) is 26.0. The van der Waals surface area contributed by atoms with Crippen molar-refractivity contribution in [2.24, 2.45) is 0 Å². The van der Waals surface area contributed by atoms with Crippen molar-refractivity contribution in [1.82, 2.24) is 9.80 Å². The number of amides is 2. The predicted molar refractivity (Wildman–Crippen MR) is 68.6 cm³/mol. The molecular formula is C12H24N2O4. The molecule has 0 aromatic carbocycles. The maximum absolute atomic E-state index is 12.2. The van der Waals surface area contributed by atoms with Crippen molar-refractivity contribution in [2.75, 3.05) is 33.4 Å². The van der Waals surface area contributed by atoms with Crippen LogP contribution >= 0.6 is 0 Å². The lowest BCUT2D eigenvalue weighted by Crippen LogP contribution is -2.49. The van der Waals surface area contributed by atoms with Gasteiger partial charge in [0.15, 0.2) is 0 Å². The number of carbonyl (C=O) groups excluding carboxylic acids is 1. The molecule has 0 heterocycles. The van der Waals surface area contributed by atoms with Crippen LogP contribution < -0.4 is 0 Å². The third-order valence-electron chi connectivity index (χ3n) is 2.77. The van der Waals surface area contributed by atoms with Crippen molar-refractivity contribution in [1.29, 1.82) is 0 Å². The predicted octanol–water partition coefficient (Wildman–Crippen LogP) is 1.26. The fourth-order valence-corrected chi connectivity index (χ4v) is 1.77. The van der Waals surface area contributed by atoms with Gasteiger partial charge in [-0.1, -0.05) is 0 Å². The molecule has 106 valence electrons. The van der Waals surface area contributed by atoms with Crippen LogP contribution in [-0.4, -0.2) is 66.3 Å². The monoisotopic (exact) mass is 260 g/mol. The number of carbonyl (C=O) groups is 2. The molecule has 0 aliphatic rings. The highest BCUT2D eigenvalue weighted by molar-refractivity contribution is 5.75. The molecule has 1 N–H and O–H groups in total. The Kier molecular flexibility index (Phi) is 8.11. The van der Waals surface area contributed by atoms with E-state index in [4.69, 9.17) is 9.84 Å². The van der Waals surface area contributed by atoms with Gasteiger partial charge in [0, 0.05) is 26.7 Å². The molecule has 18 heavy (non-hydrogen) atoms. The van der Waals surface area contributed by atoms with E-state index in [9.17, 15) is 9.59 Å². The fraction of sp³-hybridized carbons (Fsp3) is 0.833. The fourth-order valence-electron chi connectivity index (χ4n) is 1.77. The van der Waals surface area contributed by atoms with Crippen molar-refractivity contribution in [3.63, 3.8) is 0 Å². The summed E-state index contributed by atoms with van der Waals surface area (Å²) in [6.07, 6.45) is -0.0320. The minimum absolute atomic E-state index is 0.0219. The van der Waals surface area contributed by atoms with E-state index in [0.29, 0.717) is 19.7 Å². The Balaban J connectivity index is 4.56. The summed E-state index contributed by atoms with van der Waals surface area (Å²) in [6.45, 7) is 7.44. The van der Waals surface area contributed by atoms with Crippen molar-refractivity contribution in [2.45, 2.75) is 33.2 Å². The largest absolute Gasteiger partial charge is 0.481 e. The molecular weight excluding hydrogens is 236 g/mol. The van der Waals surface area contributed by atoms with Crippen molar-refractivity contribution in [3.05, 3.63) is 0 Å².